The molecule has 0 atom stereocenters. The van der Waals surface area contributed by atoms with Gasteiger partial charge in [-0.1, -0.05) is 12.1 Å². The molecule has 0 saturated carbocycles. The largest absolute Gasteiger partial charge is 0.336 e. The molecule has 0 spiro atoms. The van der Waals surface area contributed by atoms with Gasteiger partial charge in [-0.05, 0) is 23.8 Å². The maximum atomic E-state index is 12.5. The maximum Gasteiger partial charge on any atom is 0.253 e. The van der Waals surface area contributed by atoms with Crippen LogP contribution in [0.5, 0.6) is 0 Å². The molecule has 0 radical (unpaired) electrons. The van der Waals surface area contributed by atoms with Crippen LogP contribution < -0.4 is 0 Å². The Morgan fingerprint density at radius 1 is 1.12 bits per heavy atom. The van der Waals surface area contributed by atoms with Gasteiger partial charge in [-0.2, -0.15) is 9.40 Å². The molecule has 24 heavy (non-hydrogen) atoms. The average Bonchev–Trinajstić information content (AvgIpc) is 3.07. The lowest BCUT2D eigenvalue weighted by Crippen LogP contribution is -2.50. The number of piperazine rings is 1. The van der Waals surface area contributed by atoms with Crippen molar-refractivity contribution in [1.82, 2.24) is 19.0 Å². The number of carbonyl (C=O) groups is 1. The number of benzene rings is 1. The summed E-state index contributed by atoms with van der Waals surface area (Å²) >= 11 is 0. The summed E-state index contributed by atoms with van der Waals surface area (Å²) in [5.74, 6) is -0.0613. The highest BCUT2D eigenvalue weighted by Gasteiger charge is 2.26. The molecule has 1 saturated heterocycles. The van der Waals surface area contributed by atoms with Gasteiger partial charge < -0.3 is 4.90 Å². The van der Waals surface area contributed by atoms with E-state index in [2.05, 4.69) is 5.10 Å². The Morgan fingerprint density at radius 2 is 1.79 bits per heavy atom. The predicted octanol–water partition coefficient (Wildman–Crippen LogP) is 0.649. The molecule has 0 N–H and O–H groups in total. The lowest BCUT2D eigenvalue weighted by Gasteiger charge is -2.33. The first-order chi connectivity index (χ1) is 11.4. The van der Waals surface area contributed by atoms with Crippen LogP contribution in [0.4, 0.5) is 0 Å². The normalized spacial score (nSPS) is 16.3. The van der Waals surface area contributed by atoms with Gasteiger partial charge >= 0.3 is 0 Å². The van der Waals surface area contributed by atoms with Crippen molar-refractivity contribution in [2.24, 2.45) is 0 Å². The van der Waals surface area contributed by atoms with Gasteiger partial charge in [0.05, 0.1) is 12.8 Å². The van der Waals surface area contributed by atoms with Crippen LogP contribution >= 0.6 is 0 Å². The summed E-state index contributed by atoms with van der Waals surface area (Å²) in [5, 5.41) is 4.16. The Balaban J connectivity index is 1.61. The third-order valence-electron chi connectivity index (χ3n) is 4.10. The maximum absolute atomic E-state index is 12.5. The topological polar surface area (TPSA) is 75.5 Å². The van der Waals surface area contributed by atoms with Crippen LogP contribution in [0, 0.1) is 0 Å². The number of sulfonamides is 1. The highest BCUT2D eigenvalue weighted by atomic mass is 32.2. The molecular formula is C16H20N4O3S. The first-order valence-corrected chi connectivity index (χ1v) is 9.59. The third-order valence-corrected chi connectivity index (χ3v) is 5.40. The van der Waals surface area contributed by atoms with Crippen molar-refractivity contribution in [3.63, 3.8) is 0 Å². The Bertz CT molecular complexity index is 792. The van der Waals surface area contributed by atoms with Crippen molar-refractivity contribution < 1.29 is 13.2 Å². The molecule has 1 aliphatic rings. The Morgan fingerprint density at radius 3 is 2.33 bits per heavy atom. The fourth-order valence-electron chi connectivity index (χ4n) is 2.74. The molecule has 0 aliphatic carbocycles. The molecule has 8 heteroatoms. The number of nitrogens with zero attached hydrogens (tertiary/aromatic N) is 4. The fourth-order valence-corrected chi connectivity index (χ4v) is 3.57. The SMILES string of the molecule is CS(=O)(=O)N1CCN(C(=O)c2ccc(Cn3cccn3)cc2)CC1. The summed E-state index contributed by atoms with van der Waals surface area (Å²) in [4.78, 5) is 14.2. The Hall–Kier alpha value is -2.19. The second kappa shape index (κ2) is 6.74. The minimum absolute atomic E-state index is 0.0613. The molecule has 3 rings (SSSR count). The van der Waals surface area contributed by atoms with Crippen LogP contribution in [-0.4, -0.2) is 65.7 Å². The number of carbonyl (C=O) groups excluding carboxylic acids is 1. The van der Waals surface area contributed by atoms with E-state index < -0.39 is 10.0 Å². The van der Waals surface area contributed by atoms with E-state index >= 15 is 0 Å². The van der Waals surface area contributed by atoms with E-state index in [-0.39, 0.29) is 5.91 Å². The molecule has 0 bridgehead atoms. The summed E-state index contributed by atoms with van der Waals surface area (Å²) in [6.07, 6.45) is 4.82. The van der Waals surface area contributed by atoms with Crippen LogP contribution in [0.1, 0.15) is 15.9 Å². The van der Waals surface area contributed by atoms with Gasteiger partial charge in [0.1, 0.15) is 0 Å². The van der Waals surface area contributed by atoms with Crippen molar-refractivity contribution in [3.05, 3.63) is 53.9 Å². The van der Waals surface area contributed by atoms with E-state index in [9.17, 15) is 13.2 Å². The summed E-state index contributed by atoms with van der Waals surface area (Å²) < 4.78 is 26.3. The van der Waals surface area contributed by atoms with Crippen LogP contribution in [0.25, 0.3) is 0 Å². The molecule has 128 valence electrons. The Kier molecular flexibility index (Phi) is 4.68. The van der Waals surface area contributed by atoms with Crippen molar-refractivity contribution in [3.8, 4) is 0 Å². The second-order valence-electron chi connectivity index (χ2n) is 5.85. The lowest BCUT2D eigenvalue weighted by atomic mass is 10.1. The molecule has 1 fully saturated rings. The molecule has 1 aromatic carbocycles. The fraction of sp³-hybridized carbons (Fsp3) is 0.375. The summed E-state index contributed by atoms with van der Waals surface area (Å²) in [5.41, 5.74) is 1.68. The van der Waals surface area contributed by atoms with Gasteiger partial charge in [-0.25, -0.2) is 8.42 Å². The van der Waals surface area contributed by atoms with Gasteiger partial charge in [-0.3, -0.25) is 9.48 Å². The quantitative estimate of drug-likeness (QED) is 0.813. The number of amides is 1. The smallest absolute Gasteiger partial charge is 0.253 e. The zero-order valence-electron chi connectivity index (χ0n) is 13.5. The molecule has 2 aromatic rings. The van der Waals surface area contributed by atoms with Crippen LogP contribution in [-0.2, 0) is 16.6 Å². The van der Waals surface area contributed by atoms with Gasteiger partial charge in [-0.15, -0.1) is 0 Å². The highest BCUT2D eigenvalue weighted by Crippen LogP contribution is 2.12. The van der Waals surface area contributed by atoms with Crippen molar-refractivity contribution in [1.29, 1.82) is 0 Å². The monoisotopic (exact) mass is 348 g/mol. The molecule has 1 aromatic heterocycles. The molecule has 0 unspecified atom stereocenters. The van der Waals surface area contributed by atoms with Gasteiger partial charge in [0.15, 0.2) is 0 Å². The van der Waals surface area contributed by atoms with E-state index in [1.807, 2.05) is 41.2 Å². The zero-order valence-corrected chi connectivity index (χ0v) is 14.3. The summed E-state index contributed by atoms with van der Waals surface area (Å²) in [6.45, 7) is 2.19. The first-order valence-electron chi connectivity index (χ1n) is 7.74. The zero-order chi connectivity index (χ0) is 17.2. The highest BCUT2D eigenvalue weighted by molar-refractivity contribution is 7.88. The first kappa shape index (κ1) is 16.7. The standard InChI is InChI=1S/C16H20N4O3S/c1-24(22,23)20-11-9-18(10-12-20)16(21)15-5-3-14(4-6-15)13-19-8-2-7-17-19/h2-8H,9-13H2,1H3. The predicted molar refractivity (Wildman–Crippen MR) is 90.1 cm³/mol. The minimum atomic E-state index is -3.18. The third kappa shape index (κ3) is 3.82. The molecular weight excluding hydrogens is 328 g/mol. The molecule has 1 amide bonds. The van der Waals surface area contributed by atoms with E-state index in [1.165, 1.54) is 10.6 Å². The number of aromatic nitrogens is 2. The van der Waals surface area contributed by atoms with E-state index in [0.29, 0.717) is 38.3 Å². The van der Waals surface area contributed by atoms with Gasteiger partial charge in [0, 0.05) is 44.1 Å². The Labute approximate surface area is 141 Å². The summed E-state index contributed by atoms with van der Waals surface area (Å²) in [6, 6.07) is 9.32. The molecule has 1 aliphatic heterocycles. The van der Waals surface area contributed by atoms with Crippen molar-refractivity contribution >= 4 is 15.9 Å². The van der Waals surface area contributed by atoms with Crippen molar-refractivity contribution in [2.45, 2.75) is 6.54 Å². The molecule has 7 nitrogen and oxygen atoms in total. The second-order valence-corrected chi connectivity index (χ2v) is 7.84. The van der Waals surface area contributed by atoms with E-state index in [0.717, 1.165) is 5.56 Å². The minimum Gasteiger partial charge on any atom is -0.336 e. The van der Waals surface area contributed by atoms with Crippen LogP contribution in [0.3, 0.4) is 0 Å². The van der Waals surface area contributed by atoms with E-state index in [4.69, 9.17) is 0 Å². The molecule has 2 heterocycles. The number of hydrogen-bond acceptors (Lipinski definition) is 4. The summed E-state index contributed by atoms with van der Waals surface area (Å²) in [7, 11) is -3.18. The van der Waals surface area contributed by atoms with Crippen LogP contribution in [0.15, 0.2) is 42.7 Å². The van der Waals surface area contributed by atoms with Crippen LogP contribution in [0.2, 0.25) is 0 Å². The number of rotatable bonds is 4. The number of hydrogen-bond donors (Lipinski definition) is 0. The lowest BCUT2D eigenvalue weighted by molar-refractivity contribution is 0.0698. The van der Waals surface area contributed by atoms with E-state index in [1.54, 1.807) is 11.1 Å². The van der Waals surface area contributed by atoms with Crippen molar-refractivity contribution in [2.75, 3.05) is 32.4 Å². The van der Waals surface area contributed by atoms with Gasteiger partial charge in [0.2, 0.25) is 10.0 Å². The average molecular weight is 348 g/mol. The van der Waals surface area contributed by atoms with Gasteiger partial charge in [0.25, 0.3) is 5.91 Å².